The van der Waals surface area contributed by atoms with Crippen LogP contribution in [0.5, 0.6) is 0 Å². The van der Waals surface area contributed by atoms with Crippen molar-refractivity contribution in [2.45, 2.75) is 13.1 Å². The molecule has 2 rings (SSSR count). The van der Waals surface area contributed by atoms with Crippen molar-refractivity contribution in [1.29, 1.82) is 5.26 Å². The Labute approximate surface area is 121 Å². The van der Waals surface area contributed by atoms with Crippen LogP contribution in [-0.4, -0.2) is 5.91 Å². The first-order valence-corrected chi connectivity index (χ1v) is 6.34. The number of rotatable bonds is 4. The Bertz CT molecular complexity index is 578. The van der Waals surface area contributed by atoms with Crippen LogP contribution in [0.15, 0.2) is 42.0 Å². The van der Waals surface area contributed by atoms with Crippen LogP contribution < -0.4 is 22.3 Å². The Kier molecular flexibility index (Phi) is 6.00. The smallest absolute Gasteiger partial charge is 0.261 e. The third kappa shape index (κ3) is 4.36. The van der Waals surface area contributed by atoms with Crippen molar-refractivity contribution in [2.24, 2.45) is 0 Å². The Hall–Kier alpha value is -1.90. The fourth-order valence-corrected chi connectivity index (χ4v) is 2.18. The monoisotopic (exact) mass is 293 g/mol. The van der Waals surface area contributed by atoms with E-state index in [0.717, 1.165) is 5.56 Å². The molecule has 0 aliphatic rings. The van der Waals surface area contributed by atoms with Gasteiger partial charge in [0, 0.05) is 18.2 Å². The summed E-state index contributed by atoms with van der Waals surface area (Å²) >= 11 is 1.42. The number of hydrogen-bond donors (Lipinski definition) is 1. The maximum Gasteiger partial charge on any atom is 0.261 e. The molecule has 0 saturated heterocycles. The molecule has 0 fully saturated rings. The lowest BCUT2D eigenvalue weighted by molar-refractivity contribution is -0.685. The molecule has 0 saturated carbocycles. The summed E-state index contributed by atoms with van der Waals surface area (Å²) in [5.41, 5.74) is 0.970. The summed E-state index contributed by atoms with van der Waals surface area (Å²) in [6.45, 7) is 0.774. The highest BCUT2D eigenvalue weighted by Gasteiger charge is 2.07. The van der Waals surface area contributed by atoms with E-state index in [-0.39, 0.29) is 18.3 Å². The van der Waals surface area contributed by atoms with E-state index in [9.17, 15) is 4.79 Å². The molecule has 4 nitrogen and oxygen atoms in total. The van der Waals surface area contributed by atoms with Crippen molar-refractivity contribution in [2.75, 3.05) is 0 Å². The molecule has 1 amide bonds. The van der Waals surface area contributed by atoms with E-state index in [1.807, 2.05) is 36.0 Å². The van der Waals surface area contributed by atoms with Crippen LogP contribution >= 0.6 is 11.3 Å². The van der Waals surface area contributed by atoms with Crippen molar-refractivity contribution in [3.8, 4) is 6.07 Å². The van der Waals surface area contributed by atoms with Gasteiger partial charge >= 0.3 is 0 Å². The molecule has 2 aromatic rings. The lowest BCUT2D eigenvalue weighted by Gasteiger charge is -2.02. The number of thiophene rings is 1. The van der Waals surface area contributed by atoms with E-state index in [0.29, 0.717) is 18.0 Å². The number of halogens is 1. The molecule has 0 aliphatic heterocycles. The molecule has 98 valence electrons. The normalized spacial score (nSPS) is 9.21. The Morgan fingerprint density at radius 1 is 1.42 bits per heavy atom. The molecule has 0 spiro atoms. The molecule has 19 heavy (non-hydrogen) atoms. The molecular weight excluding hydrogens is 282 g/mol. The van der Waals surface area contributed by atoms with Gasteiger partial charge in [0.15, 0.2) is 12.4 Å². The van der Waals surface area contributed by atoms with E-state index in [1.54, 1.807) is 10.6 Å². The standard InChI is InChI=1S/C13H11N3OS.ClH/c14-5-7-16-6-1-3-11(10-16)9-15-13(17)12-4-2-8-18-12;/h1-4,6,8,10H,7,9H2;1H. The number of amides is 1. The second kappa shape index (κ2) is 7.52. The Balaban J connectivity index is 0.00000180. The summed E-state index contributed by atoms with van der Waals surface area (Å²) in [5.74, 6) is -0.0688. The summed E-state index contributed by atoms with van der Waals surface area (Å²) in [6, 6.07) is 9.50. The molecular formula is C13H12ClN3OS. The van der Waals surface area contributed by atoms with Gasteiger partial charge in [-0.05, 0) is 17.5 Å². The van der Waals surface area contributed by atoms with Crippen molar-refractivity contribution in [3.63, 3.8) is 0 Å². The molecule has 0 unspecified atom stereocenters. The summed E-state index contributed by atoms with van der Waals surface area (Å²) in [4.78, 5) is 12.4. The quantitative estimate of drug-likeness (QED) is 0.697. The van der Waals surface area contributed by atoms with Gasteiger partial charge in [-0.3, -0.25) is 4.79 Å². The van der Waals surface area contributed by atoms with Gasteiger partial charge in [-0.15, -0.1) is 11.3 Å². The van der Waals surface area contributed by atoms with E-state index < -0.39 is 0 Å². The number of pyridine rings is 1. The van der Waals surface area contributed by atoms with Gasteiger partial charge in [-0.2, -0.15) is 9.83 Å². The Morgan fingerprint density at radius 3 is 2.95 bits per heavy atom. The minimum Gasteiger partial charge on any atom is -1.00 e. The van der Waals surface area contributed by atoms with E-state index >= 15 is 0 Å². The third-order valence-corrected chi connectivity index (χ3v) is 3.24. The van der Waals surface area contributed by atoms with Crippen molar-refractivity contribution < 1.29 is 21.8 Å². The zero-order valence-electron chi connectivity index (χ0n) is 10.0. The molecule has 0 radical (unpaired) electrons. The molecule has 0 atom stereocenters. The van der Waals surface area contributed by atoms with Crippen molar-refractivity contribution in [1.82, 2.24) is 5.32 Å². The molecule has 6 heteroatoms. The number of hydrogen-bond acceptors (Lipinski definition) is 3. The summed E-state index contributed by atoms with van der Waals surface area (Å²) in [6.07, 6.45) is 3.69. The maximum atomic E-state index is 11.7. The average Bonchev–Trinajstić information content (AvgIpc) is 2.91. The van der Waals surface area contributed by atoms with Gasteiger partial charge in [0.2, 0.25) is 6.54 Å². The number of carbonyl (C=O) groups is 1. The van der Waals surface area contributed by atoms with Crippen LogP contribution in [0.4, 0.5) is 0 Å². The highest BCUT2D eigenvalue weighted by molar-refractivity contribution is 7.12. The van der Waals surface area contributed by atoms with Gasteiger partial charge in [0.05, 0.1) is 4.88 Å². The second-order valence-electron chi connectivity index (χ2n) is 3.70. The molecule has 1 N–H and O–H groups in total. The molecule has 2 heterocycles. The highest BCUT2D eigenvalue weighted by atomic mass is 35.5. The van der Waals surface area contributed by atoms with Crippen LogP contribution in [0.3, 0.4) is 0 Å². The fraction of sp³-hybridized carbons (Fsp3) is 0.154. The molecule has 0 aliphatic carbocycles. The van der Waals surface area contributed by atoms with Crippen molar-refractivity contribution in [3.05, 3.63) is 52.5 Å². The first kappa shape index (κ1) is 15.2. The van der Waals surface area contributed by atoms with Crippen molar-refractivity contribution >= 4 is 17.2 Å². The van der Waals surface area contributed by atoms with Gasteiger partial charge < -0.3 is 17.7 Å². The van der Waals surface area contributed by atoms with E-state index in [2.05, 4.69) is 11.4 Å². The summed E-state index contributed by atoms with van der Waals surface area (Å²) in [5, 5.41) is 13.3. The molecule has 2 aromatic heterocycles. The number of carbonyl (C=O) groups excluding carboxylic acids is 1. The lowest BCUT2D eigenvalue weighted by atomic mass is 10.3. The maximum absolute atomic E-state index is 11.7. The molecule has 0 aromatic carbocycles. The van der Waals surface area contributed by atoms with Crippen LogP contribution in [0, 0.1) is 11.3 Å². The minimum atomic E-state index is -0.0688. The van der Waals surface area contributed by atoms with Gasteiger partial charge in [0.25, 0.3) is 5.91 Å². The van der Waals surface area contributed by atoms with E-state index in [1.165, 1.54) is 11.3 Å². The SMILES string of the molecule is N#CC[n+]1cccc(CNC(=O)c2cccs2)c1.[Cl-]. The summed E-state index contributed by atoms with van der Waals surface area (Å²) < 4.78 is 1.78. The zero-order chi connectivity index (χ0) is 12.8. The predicted molar refractivity (Wildman–Crippen MR) is 67.7 cm³/mol. The number of nitriles is 1. The lowest BCUT2D eigenvalue weighted by Crippen LogP contribution is -3.00. The summed E-state index contributed by atoms with van der Waals surface area (Å²) in [7, 11) is 0. The number of nitrogens with one attached hydrogen (secondary N) is 1. The van der Waals surface area contributed by atoms with Gasteiger partial charge in [-0.1, -0.05) is 6.07 Å². The van der Waals surface area contributed by atoms with Crippen LogP contribution in [0.1, 0.15) is 15.2 Å². The second-order valence-corrected chi connectivity index (χ2v) is 4.65. The largest absolute Gasteiger partial charge is 1.00 e. The topological polar surface area (TPSA) is 56.8 Å². The van der Waals surface area contributed by atoms with Crippen LogP contribution in [-0.2, 0) is 13.1 Å². The Morgan fingerprint density at radius 2 is 2.26 bits per heavy atom. The minimum absolute atomic E-state index is 0. The highest BCUT2D eigenvalue weighted by Crippen LogP contribution is 2.08. The third-order valence-electron chi connectivity index (χ3n) is 2.37. The predicted octanol–water partition coefficient (Wildman–Crippen LogP) is -1.51. The fourth-order valence-electron chi connectivity index (χ4n) is 1.54. The van der Waals surface area contributed by atoms with Crippen LogP contribution in [0.2, 0.25) is 0 Å². The zero-order valence-corrected chi connectivity index (χ0v) is 11.6. The molecule has 0 bridgehead atoms. The number of nitrogens with zero attached hydrogens (tertiary/aromatic N) is 2. The first-order valence-electron chi connectivity index (χ1n) is 5.46. The average molecular weight is 294 g/mol. The van der Waals surface area contributed by atoms with Gasteiger partial charge in [-0.25, -0.2) is 0 Å². The first-order chi connectivity index (χ1) is 8.79. The number of aromatic nitrogens is 1. The van der Waals surface area contributed by atoms with Crippen LogP contribution in [0.25, 0.3) is 0 Å². The van der Waals surface area contributed by atoms with E-state index in [4.69, 9.17) is 5.26 Å². The van der Waals surface area contributed by atoms with Gasteiger partial charge in [0.1, 0.15) is 6.07 Å².